The van der Waals surface area contributed by atoms with Gasteiger partial charge in [-0.15, -0.1) is 11.3 Å². The number of halogens is 1. The molecule has 2 aromatic heterocycles. The third-order valence-electron chi connectivity index (χ3n) is 2.80. The number of hydrogen-bond acceptors (Lipinski definition) is 5. The van der Waals surface area contributed by atoms with Crippen molar-refractivity contribution in [2.75, 3.05) is 20.3 Å². The van der Waals surface area contributed by atoms with Crippen molar-refractivity contribution in [1.82, 2.24) is 9.29 Å². The van der Waals surface area contributed by atoms with E-state index < -0.39 is 10.0 Å². The normalized spacial score (nSPS) is 12.0. The highest BCUT2D eigenvalue weighted by Crippen LogP contribution is 2.28. The first-order chi connectivity index (χ1) is 10.0. The first-order valence-corrected chi connectivity index (χ1v) is 8.81. The van der Waals surface area contributed by atoms with E-state index in [0.717, 1.165) is 16.9 Å². The lowest BCUT2D eigenvalue weighted by Gasteiger charge is -2.21. The van der Waals surface area contributed by atoms with Gasteiger partial charge in [0.2, 0.25) is 0 Å². The molecule has 2 rings (SSSR count). The van der Waals surface area contributed by atoms with Crippen molar-refractivity contribution in [3.05, 3.63) is 46.6 Å². The third kappa shape index (κ3) is 4.24. The Bertz CT molecular complexity index is 674. The third-order valence-corrected chi connectivity index (χ3v) is 6.34. The molecule has 0 spiro atoms. The van der Waals surface area contributed by atoms with Crippen molar-refractivity contribution in [2.45, 2.75) is 10.8 Å². The van der Waals surface area contributed by atoms with Crippen LogP contribution in [0, 0.1) is 0 Å². The second-order valence-electron chi connectivity index (χ2n) is 4.25. The van der Waals surface area contributed by atoms with Crippen LogP contribution in [0.3, 0.4) is 0 Å². The summed E-state index contributed by atoms with van der Waals surface area (Å²) in [7, 11) is -2.04. The second-order valence-corrected chi connectivity index (χ2v) is 8.13. The minimum absolute atomic E-state index is 0.234. The summed E-state index contributed by atoms with van der Waals surface area (Å²) in [4.78, 5) is 3.93. The van der Waals surface area contributed by atoms with Crippen LogP contribution in [0.2, 0.25) is 4.34 Å². The second kappa shape index (κ2) is 7.33. The fourth-order valence-electron chi connectivity index (χ4n) is 1.73. The van der Waals surface area contributed by atoms with Gasteiger partial charge in [-0.1, -0.05) is 11.6 Å². The van der Waals surface area contributed by atoms with Crippen molar-refractivity contribution >= 4 is 33.0 Å². The van der Waals surface area contributed by atoms with Crippen molar-refractivity contribution in [2.24, 2.45) is 0 Å². The van der Waals surface area contributed by atoms with Gasteiger partial charge in [-0.2, -0.15) is 4.31 Å². The monoisotopic (exact) mass is 346 g/mol. The van der Waals surface area contributed by atoms with Gasteiger partial charge in [0.25, 0.3) is 10.0 Å². The van der Waals surface area contributed by atoms with E-state index >= 15 is 0 Å². The van der Waals surface area contributed by atoms with E-state index in [1.807, 2.05) is 0 Å². The molecule has 0 radical (unpaired) electrons. The average molecular weight is 347 g/mol. The molecule has 8 heteroatoms. The number of aromatic nitrogens is 1. The summed E-state index contributed by atoms with van der Waals surface area (Å²) < 4.78 is 32.4. The van der Waals surface area contributed by atoms with Crippen LogP contribution in [0.15, 0.2) is 40.9 Å². The van der Waals surface area contributed by atoms with Gasteiger partial charge in [-0.25, -0.2) is 8.42 Å². The molecule has 0 aromatic carbocycles. The highest BCUT2D eigenvalue weighted by Gasteiger charge is 2.26. The Morgan fingerprint density at radius 2 is 2.00 bits per heavy atom. The zero-order chi connectivity index (χ0) is 15.3. The van der Waals surface area contributed by atoms with Crippen LogP contribution in [0.5, 0.6) is 0 Å². The number of pyridine rings is 1. The van der Waals surface area contributed by atoms with Gasteiger partial charge in [0.05, 0.1) is 10.9 Å². The smallest absolute Gasteiger partial charge is 0.252 e. The quantitative estimate of drug-likeness (QED) is 0.773. The zero-order valence-corrected chi connectivity index (χ0v) is 13.8. The maximum absolute atomic E-state index is 12.7. The highest BCUT2D eigenvalue weighted by molar-refractivity contribution is 7.91. The zero-order valence-electron chi connectivity index (χ0n) is 11.4. The molecule has 21 heavy (non-hydrogen) atoms. The number of ether oxygens (including phenoxy) is 1. The number of nitrogens with zero attached hydrogens (tertiary/aromatic N) is 2. The molecule has 2 aromatic rings. The van der Waals surface area contributed by atoms with Crippen molar-refractivity contribution in [3.63, 3.8) is 0 Å². The first kappa shape index (κ1) is 16.4. The van der Waals surface area contributed by atoms with Gasteiger partial charge >= 0.3 is 0 Å². The van der Waals surface area contributed by atoms with E-state index in [1.54, 1.807) is 37.7 Å². The molecular formula is C13H15ClN2O3S2. The van der Waals surface area contributed by atoms with Crippen LogP contribution in [-0.4, -0.2) is 38.0 Å². The lowest BCUT2D eigenvalue weighted by molar-refractivity contribution is 0.177. The average Bonchev–Trinajstić information content (AvgIpc) is 2.92. The fraction of sp³-hybridized carbons (Fsp3) is 0.308. The fourth-order valence-corrected chi connectivity index (χ4v) is 4.78. The van der Waals surface area contributed by atoms with Gasteiger partial charge in [-0.3, -0.25) is 4.98 Å². The summed E-state index contributed by atoms with van der Waals surface area (Å²) in [6.45, 7) is 0.865. The van der Waals surface area contributed by atoms with Gasteiger partial charge in [0.15, 0.2) is 0 Å². The molecule has 114 valence electrons. The SMILES string of the molecule is COCCN(Cc1ccncc1)S(=O)(=O)c1ccc(Cl)s1. The van der Waals surface area contributed by atoms with Gasteiger partial charge in [-0.05, 0) is 29.8 Å². The molecule has 5 nitrogen and oxygen atoms in total. The lowest BCUT2D eigenvalue weighted by atomic mass is 10.3. The Labute approximate surface area is 133 Å². The van der Waals surface area contributed by atoms with Crippen LogP contribution in [-0.2, 0) is 21.3 Å². The van der Waals surface area contributed by atoms with Crippen LogP contribution in [0.25, 0.3) is 0 Å². The molecule has 0 aliphatic heterocycles. The molecule has 0 unspecified atom stereocenters. The predicted octanol–water partition coefficient (Wildman–Crippen LogP) is 2.63. The number of thiophene rings is 1. The van der Waals surface area contributed by atoms with Gasteiger partial charge in [0.1, 0.15) is 4.21 Å². The van der Waals surface area contributed by atoms with E-state index in [4.69, 9.17) is 16.3 Å². The maximum Gasteiger partial charge on any atom is 0.252 e. The Morgan fingerprint density at radius 1 is 1.29 bits per heavy atom. The van der Waals surface area contributed by atoms with E-state index in [2.05, 4.69) is 4.98 Å². The van der Waals surface area contributed by atoms with Crippen LogP contribution >= 0.6 is 22.9 Å². The predicted molar refractivity (Wildman–Crippen MR) is 83.0 cm³/mol. The molecule has 0 fully saturated rings. The van der Waals surface area contributed by atoms with Gasteiger partial charge < -0.3 is 4.74 Å². The standard InChI is InChI=1S/C13H15ClN2O3S2/c1-19-9-8-16(10-11-4-6-15-7-5-11)21(17,18)13-3-2-12(14)20-13/h2-7H,8-10H2,1H3. The molecule has 0 bridgehead atoms. The minimum Gasteiger partial charge on any atom is -0.383 e. The number of rotatable bonds is 7. The first-order valence-electron chi connectivity index (χ1n) is 6.17. The van der Waals surface area contributed by atoms with Crippen molar-refractivity contribution in [1.29, 1.82) is 0 Å². The number of methoxy groups -OCH3 is 1. The van der Waals surface area contributed by atoms with Crippen LogP contribution < -0.4 is 0 Å². The molecule has 0 saturated carbocycles. The Morgan fingerprint density at radius 3 is 2.57 bits per heavy atom. The summed E-state index contributed by atoms with van der Waals surface area (Å²) in [6.07, 6.45) is 3.27. The molecule has 0 aliphatic carbocycles. The van der Waals surface area contributed by atoms with Crippen LogP contribution in [0.4, 0.5) is 0 Å². The van der Waals surface area contributed by atoms with E-state index in [-0.39, 0.29) is 17.3 Å². The Kier molecular flexibility index (Phi) is 5.72. The summed E-state index contributed by atoms with van der Waals surface area (Å²) in [5.41, 5.74) is 0.868. The molecule has 0 saturated heterocycles. The van der Waals surface area contributed by atoms with E-state index in [0.29, 0.717) is 10.9 Å². The Hall–Kier alpha value is -0.990. The topological polar surface area (TPSA) is 59.5 Å². The molecular weight excluding hydrogens is 332 g/mol. The summed E-state index contributed by atoms with van der Waals surface area (Å²) in [6, 6.07) is 6.68. The minimum atomic E-state index is -3.58. The molecule has 2 heterocycles. The lowest BCUT2D eigenvalue weighted by Crippen LogP contribution is -2.33. The van der Waals surface area contributed by atoms with Gasteiger partial charge in [0, 0.05) is 32.6 Å². The molecule has 0 atom stereocenters. The Balaban J connectivity index is 2.26. The number of hydrogen-bond donors (Lipinski definition) is 0. The molecule has 0 N–H and O–H groups in total. The van der Waals surface area contributed by atoms with Crippen LogP contribution in [0.1, 0.15) is 5.56 Å². The summed E-state index contributed by atoms with van der Waals surface area (Å²) in [5, 5.41) is 0. The van der Waals surface area contributed by atoms with E-state index in [9.17, 15) is 8.42 Å². The summed E-state index contributed by atoms with van der Waals surface area (Å²) in [5.74, 6) is 0. The highest BCUT2D eigenvalue weighted by atomic mass is 35.5. The van der Waals surface area contributed by atoms with Crippen molar-refractivity contribution < 1.29 is 13.2 Å². The van der Waals surface area contributed by atoms with E-state index in [1.165, 1.54) is 10.4 Å². The van der Waals surface area contributed by atoms with Crippen molar-refractivity contribution in [3.8, 4) is 0 Å². The largest absolute Gasteiger partial charge is 0.383 e. The summed E-state index contributed by atoms with van der Waals surface area (Å²) >= 11 is 6.89. The molecule has 0 amide bonds. The maximum atomic E-state index is 12.7. The molecule has 0 aliphatic rings. The number of sulfonamides is 1.